The number of hydrogen-bond donors (Lipinski definition) is 4. The minimum atomic E-state index is -1.26. The molecule has 0 rings (SSSR count). The fraction of sp³-hybridized carbons (Fsp3) is 0.545. The summed E-state index contributed by atoms with van der Waals surface area (Å²) in [6.07, 6.45) is -0.0117. The monoisotopic (exact) mass is 256 g/mol. The van der Waals surface area contributed by atoms with Gasteiger partial charge < -0.3 is 20.8 Å². The topological polar surface area (TPSA) is 116 Å². The molecule has 0 aromatic heterocycles. The molecule has 0 saturated heterocycles. The predicted octanol–water partition coefficient (Wildman–Crippen LogP) is 0.0170. The van der Waals surface area contributed by atoms with Gasteiger partial charge in [0.05, 0.1) is 0 Å². The van der Waals surface area contributed by atoms with Crippen LogP contribution in [-0.2, 0) is 9.59 Å². The van der Waals surface area contributed by atoms with Crippen LogP contribution in [0.3, 0.4) is 0 Å². The largest absolute Gasteiger partial charge is 0.481 e. The number of carboxylic acid groups (broad SMARTS) is 2. The third-order valence-corrected chi connectivity index (χ3v) is 1.96. The third-order valence-electron chi connectivity index (χ3n) is 1.96. The molecule has 0 aromatic carbocycles. The second-order valence-electron chi connectivity index (χ2n) is 3.40. The van der Waals surface area contributed by atoms with E-state index in [0.717, 1.165) is 0 Å². The molecule has 4 N–H and O–H groups in total. The van der Waals surface area contributed by atoms with Crippen molar-refractivity contribution in [1.29, 1.82) is 0 Å². The summed E-state index contributed by atoms with van der Waals surface area (Å²) in [6, 6.07) is -1.86. The molecule has 0 aliphatic rings. The van der Waals surface area contributed by atoms with Crippen LogP contribution in [0.15, 0.2) is 0 Å². The van der Waals surface area contributed by atoms with Crippen molar-refractivity contribution in [2.45, 2.75) is 32.2 Å². The second-order valence-corrected chi connectivity index (χ2v) is 3.40. The molecular formula is C11H16N2O5. The van der Waals surface area contributed by atoms with Crippen molar-refractivity contribution in [2.24, 2.45) is 0 Å². The van der Waals surface area contributed by atoms with Crippen molar-refractivity contribution in [3.05, 3.63) is 0 Å². The fourth-order valence-corrected chi connectivity index (χ4v) is 1.10. The molecule has 1 atom stereocenters. The summed E-state index contributed by atoms with van der Waals surface area (Å²) in [5.74, 6) is 3.01. The van der Waals surface area contributed by atoms with E-state index in [1.807, 2.05) is 0 Å². The Bertz CT molecular complexity index is 369. The predicted molar refractivity (Wildman–Crippen MR) is 62.9 cm³/mol. The smallest absolute Gasteiger partial charge is 0.326 e. The molecule has 0 aliphatic carbocycles. The summed E-state index contributed by atoms with van der Waals surface area (Å²) in [5.41, 5.74) is 0. The molecule has 2 amide bonds. The van der Waals surface area contributed by atoms with Crippen LogP contribution in [0.2, 0.25) is 0 Å². The molecule has 7 heteroatoms. The number of amides is 2. The molecule has 7 nitrogen and oxygen atoms in total. The fourth-order valence-electron chi connectivity index (χ4n) is 1.10. The summed E-state index contributed by atoms with van der Waals surface area (Å²) < 4.78 is 0. The van der Waals surface area contributed by atoms with Gasteiger partial charge in [-0.25, -0.2) is 9.59 Å². The molecule has 0 aromatic rings. The normalized spacial score (nSPS) is 10.7. The Morgan fingerprint density at radius 3 is 2.44 bits per heavy atom. The van der Waals surface area contributed by atoms with E-state index in [1.165, 1.54) is 0 Å². The van der Waals surface area contributed by atoms with E-state index >= 15 is 0 Å². The van der Waals surface area contributed by atoms with Crippen LogP contribution in [-0.4, -0.2) is 40.8 Å². The molecule has 0 saturated carbocycles. The zero-order chi connectivity index (χ0) is 14.0. The van der Waals surface area contributed by atoms with Gasteiger partial charge in [0.25, 0.3) is 0 Å². The number of urea groups is 1. The van der Waals surface area contributed by atoms with Gasteiger partial charge in [-0.15, -0.1) is 11.8 Å². The molecule has 18 heavy (non-hydrogen) atoms. The van der Waals surface area contributed by atoms with Gasteiger partial charge in [0, 0.05) is 19.4 Å². The number of carbonyl (C=O) groups is 3. The average Bonchev–Trinajstić information content (AvgIpc) is 2.29. The number of hydrogen-bond acceptors (Lipinski definition) is 3. The lowest BCUT2D eigenvalue weighted by molar-refractivity contribution is -0.140. The van der Waals surface area contributed by atoms with Crippen molar-refractivity contribution in [3.63, 3.8) is 0 Å². The maximum absolute atomic E-state index is 11.3. The van der Waals surface area contributed by atoms with Crippen molar-refractivity contribution < 1.29 is 24.6 Å². The molecule has 100 valence electrons. The highest BCUT2D eigenvalue weighted by Crippen LogP contribution is 1.97. The summed E-state index contributed by atoms with van der Waals surface area (Å²) in [7, 11) is 0. The van der Waals surface area contributed by atoms with E-state index in [2.05, 4.69) is 22.5 Å². The van der Waals surface area contributed by atoms with Crippen molar-refractivity contribution in [2.75, 3.05) is 6.54 Å². The average molecular weight is 256 g/mol. The first-order chi connectivity index (χ1) is 8.47. The number of rotatable bonds is 7. The van der Waals surface area contributed by atoms with E-state index < -0.39 is 24.0 Å². The van der Waals surface area contributed by atoms with Gasteiger partial charge in [-0.3, -0.25) is 4.79 Å². The van der Waals surface area contributed by atoms with Gasteiger partial charge >= 0.3 is 18.0 Å². The zero-order valence-corrected chi connectivity index (χ0v) is 10.0. The number of nitrogens with one attached hydrogen (secondary N) is 2. The standard InChI is InChI=1S/C11H16N2O5/c1-2-3-4-7-12-11(18)13-8(10(16)17)5-6-9(14)15/h8H,4-7H2,1H3,(H,14,15)(H,16,17)(H2,12,13,18). The highest BCUT2D eigenvalue weighted by molar-refractivity contribution is 5.82. The van der Waals surface area contributed by atoms with E-state index in [-0.39, 0.29) is 12.8 Å². The van der Waals surface area contributed by atoms with E-state index in [4.69, 9.17) is 10.2 Å². The maximum atomic E-state index is 11.3. The van der Waals surface area contributed by atoms with Crippen LogP contribution in [0.5, 0.6) is 0 Å². The lowest BCUT2D eigenvalue weighted by Crippen LogP contribution is -2.46. The lowest BCUT2D eigenvalue weighted by atomic mass is 10.1. The first kappa shape index (κ1) is 15.8. The van der Waals surface area contributed by atoms with Crippen molar-refractivity contribution in [1.82, 2.24) is 10.6 Å². The summed E-state index contributed by atoms with van der Waals surface area (Å²) in [5, 5.41) is 21.8. The Morgan fingerprint density at radius 1 is 1.28 bits per heavy atom. The molecule has 0 radical (unpaired) electrons. The Labute approximate surface area is 105 Å². The molecule has 0 heterocycles. The molecule has 0 spiro atoms. The molecular weight excluding hydrogens is 240 g/mol. The minimum Gasteiger partial charge on any atom is -0.481 e. The lowest BCUT2D eigenvalue weighted by Gasteiger charge is -2.13. The number of carbonyl (C=O) groups excluding carboxylic acids is 1. The van der Waals surface area contributed by atoms with Gasteiger partial charge in [0.2, 0.25) is 0 Å². The Morgan fingerprint density at radius 2 is 1.94 bits per heavy atom. The van der Waals surface area contributed by atoms with Crippen LogP contribution in [0, 0.1) is 11.8 Å². The van der Waals surface area contributed by atoms with Gasteiger partial charge in [-0.05, 0) is 13.3 Å². The molecule has 0 aliphatic heterocycles. The molecule has 0 bridgehead atoms. The SMILES string of the molecule is CC#CCCNC(=O)NC(CCC(=O)O)C(=O)O. The summed E-state index contributed by atoms with van der Waals surface area (Å²) in [6.45, 7) is 1.98. The van der Waals surface area contributed by atoms with Gasteiger partial charge in [0.15, 0.2) is 0 Å². The Balaban J connectivity index is 4.06. The Kier molecular flexibility index (Phi) is 7.77. The van der Waals surface area contributed by atoms with E-state index in [0.29, 0.717) is 13.0 Å². The first-order valence-electron chi connectivity index (χ1n) is 5.36. The molecule has 0 fully saturated rings. The van der Waals surface area contributed by atoms with Crippen molar-refractivity contribution in [3.8, 4) is 11.8 Å². The van der Waals surface area contributed by atoms with Crippen LogP contribution < -0.4 is 10.6 Å². The maximum Gasteiger partial charge on any atom is 0.326 e. The van der Waals surface area contributed by atoms with Crippen LogP contribution in [0.1, 0.15) is 26.2 Å². The first-order valence-corrected chi connectivity index (χ1v) is 5.36. The van der Waals surface area contributed by atoms with Gasteiger partial charge in [-0.2, -0.15) is 0 Å². The number of aliphatic carboxylic acids is 2. The van der Waals surface area contributed by atoms with Crippen LogP contribution in [0.25, 0.3) is 0 Å². The molecule has 1 unspecified atom stereocenters. The second kappa shape index (κ2) is 8.87. The zero-order valence-electron chi connectivity index (χ0n) is 10.0. The van der Waals surface area contributed by atoms with Crippen molar-refractivity contribution >= 4 is 18.0 Å². The van der Waals surface area contributed by atoms with Gasteiger partial charge in [0.1, 0.15) is 6.04 Å². The highest BCUT2D eigenvalue weighted by Gasteiger charge is 2.20. The summed E-state index contributed by atoms with van der Waals surface area (Å²) >= 11 is 0. The minimum absolute atomic E-state index is 0.160. The van der Waals surface area contributed by atoms with E-state index in [1.54, 1.807) is 6.92 Å². The third kappa shape index (κ3) is 7.98. The highest BCUT2D eigenvalue weighted by atomic mass is 16.4. The number of carboxylic acids is 2. The quantitative estimate of drug-likeness (QED) is 0.378. The van der Waals surface area contributed by atoms with Crippen LogP contribution in [0.4, 0.5) is 4.79 Å². The van der Waals surface area contributed by atoms with Gasteiger partial charge in [-0.1, -0.05) is 0 Å². The Hall–Kier alpha value is -2.23. The van der Waals surface area contributed by atoms with E-state index in [9.17, 15) is 14.4 Å². The summed E-state index contributed by atoms with van der Waals surface area (Å²) in [4.78, 5) is 32.4. The van der Waals surface area contributed by atoms with Crippen LogP contribution >= 0.6 is 0 Å².